The molecule has 6 nitrogen and oxygen atoms in total. The summed E-state index contributed by atoms with van der Waals surface area (Å²) in [5, 5.41) is 0. The third-order valence-electron chi connectivity index (χ3n) is 9.43. The van der Waals surface area contributed by atoms with Crippen LogP contribution in [0.25, 0.3) is 0 Å². The Morgan fingerprint density at radius 2 is 0.789 bits per heavy atom. The molecule has 0 saturated carbocycles. The average molecular weight is 793 g/mol. The Bertz CT molecular complexity index is 1140. The summed E-state index contributed by atoms with van der Waals surface area (Å²) in [5.41, 5.74) is 0. The molecule has 0 saturated heterocycles. The number of carbonyl (C=O) groups excluding carboxylic acids is 3. The third-order valence-corrected chi connectivity index (χ3v) is 9.43. The van der Waals surface area contributed by atoms with Gasteiger partial charge in [-0.3, -0.25) is 14.4 Å². The highest BCUT2D eigenvalue weighted by molar-refractivity contribution is 5.71. The lowest BCUT2D eigenvalue weighted by atomic mass is 10.0. The molecule has 0 N–H and O–H groups in total. The molecule has 0 rings (SSSR count). The summed E-state index contributed by atoms with van der Waals surface area (Å²) < 4.78 is 16.6. The molecule has 6 heteroatoms. The molecule has 0 aromatic rings. The Labute approximate surface area is 350 Å². The SMILES string of the molecule is CC/C=C\C/C=C\C/C=C\C/C=C\C/C=C\CCC(=O)OCC(COC(=O)CCCCC/C=C\C=C/CCCC)OC(=O)CCCCCCCCCCCCCC. The molecule has 1 atom stereocenters. The molecule has 0 fully saturated rings. The van der Waals surface area contributed by atoms with Crippen molar-refractivity contribution in [3.63, 3.8) is 0 Å². The molecule has 57 heavy (non-hydrogen) atoms. The van der Waals surface area contributed by atoms with Gasteiger partial charge in [-0.25, -0.2) is 0 Å². The molecule has 324 valence electrons. The van der Waals surface area contributed by atoms with Gasteiger partial charge in [0.1, 0.15) is 13.2 Å². The highest BCUT2D eigenvalue weighted by atomic mass is 16.6. The van der Waals surface area contributed by atoms with E-state index in [1.807, 2.05) is 12.2 Å². The minimum Gasteiger partial charge on any atom is -0.462 e. The van der Waals surface area contributed by atoms with Crippen LogP contribution in [0.15, 0.2) is 85.1 Å². The monoisotopic (exact) mass is 793 g/mol. The number of hydrogen-bond donors (Lipinski definition) is 0. The van der Waals surface area contributed by atoms with Crippen LogP contribution in [0.2, 0.25) is 0 Å². The van der Waals surface area contributed by atoms with Crippen LogP contribution in [0.1, 0.15) is 201 Å². The standard InChI is InChI=1S/C51H84O6/c1-4-7-10-13-16-19-22-24-25-26-27-30-32-35-38-41-44-50(53)56-47-48(46-55-49(52)43-40-37-34-31-28-21-18-15-12-9-6-3)57-51(54)45-42-39-36-33-29-23-20-17-14-11-8-5-2/h7,10,15-16,18-19,21,24-25,27-28,30,35,38,48H,4-6,8-9,11-14,17,20,22-23,26,29,31-34,36-37,39-47H2,1-3H3/b10-7-,18-15-,19-16-,25-24-,28-21-,30-27-,38-35-. The fourth-order valence-corrected chi connectivity index (χ4v) is 5.94. The Hall–Kier alpha value is -3.41. The van der Waals surface area contributed by atoms with E-state index in [1.54, 1.807) is 0 Å². The van der Waals surface area contributed by atoms with Crippen molar-refractivity contribution >= 4 is 17.9 Å². The van der Waals surface area contributed by atoms with Crippen molar-refractivity contribution in [1.82, 2.24) is 0 Å². The number of ether oxygens (including phenoxy) is 3. The molecule has 0 heterocycles. The van der Waals surface area contributed by atoms with Gasteiger partial charge in [0.25, 0.3) is 0 Å². The molecule has 0 aliphatic carbocycles. The highest BCUT2D eigenvalue weighted by Gasteiger charge is 2.19. The summed E-state index contributed by atoms with van der Waals surface area (Å²) in [6.45, 7) is 6.35. The summed E-state index contributed by atoms with van der Waals surface area (Å²) in [6.07, 6.45) is 57.2. The van der Waals surface area contributed by atoms with Crippen molar-refractivity contribution in [2.45, 2.75) is 207 Å². The largest absolute Gasteiger partial charge is 0.462 e. The van der Waals surface area contributed by atoms with E-state index in [0.29, 0.717) is 19.3 Å². The maximum atomic E-state index is 12.7. The van der Waals surface area contributed by atoms with Gasteiger partial charge in [0, 0.05) is 19.3 Å². The van der Waals surface area contributed by atoms with Gasteiger partial charge in [0.15, 0.2) is 6.10 Å². The zero-order chi connectivity index (χ0) is 41.5. The van der Waals surface area contributed by atoms with Gasteiger partial charge in [-0.05, 0) is 70.6 Å². The van der Waals surface area contributed by atoms with E-state index in [0.717, 1.165) is 83.5 Å². The Morgan fingerprint density at radius 3 is 1.30 bits per heavy atom. The zero-order valence-corrected chi connectivity index (χ0v) is 36.8. The van der Waals surface area contributed by atoms with Crippen LogP contribution in [-0.2, 0) is 28.6 Å². The van der Waals surface area contributed by atoms with Crippen molar-refractivity contribution in [2.75, 3.05) is 13.2 Å². The van der Waals surface area contributed by atoms with Gasteiger partial charge in [0.2, 0.25) is 0 Å². The quantitative estimate of drug-likeness (QED) is 0.0202. The van der Waals surface area contributed by atoms with Crippen molar-refractivity contribution < 1.29 is 28.6 Å². The van der Waals surface area contributed by atoms with E-state index in [2.05, 4.69) is 93.7 Å². The van der Waals surface area contributed by atoms with Gasteiger partial charge in [-0.2, -0.15) is 0 Å². The molecule has 0 aliphatic rings. The fraction of sp³-hybridized carbons (Fsp3) is 0.667. The molecular weight excluding hydrogens is 709 g/mol. The summed E-state index contributed by atoms with van der Waals surface area (Å²) in [6, 6.07) is 0. The lowest BCUT2D eigenvalue weighted by molar-refractivity contribution is -0.166. The number of rotatable bonds is 40. The van der Waals surface area contributed by atoms with Gasteiger partial charge in [0.05, 0.1) is 0 Å². The predicted molar refractivity (Wildman–Crippen MR) is 242 cm³/mol. The van der Waals surface area contributed by atoms with E-state index < -0.39 is 6.10 Å². The first kappa shape index (κ1) is 53.6. The third kappa shape index (κ3) is 43.6. The molecule has 0 aliphatic heterocycles. The topological polar surface area (TPSA) is 78.9 Å². The van der Waals surface area contributed by atoms with E-state index >= 15 is 0 Å². The van der Waals surface area contributed by atoms with Crippen molar-refractivity contribution in [1.29, 1.82) is 0 Å². The van der Waals surface area contributed by atoms with Crippen LogP contribution in [0.4, 0.5) is 0 Å². The van der Waals surface area contributed by atoms with E-state index in [-0.39, 0.29) is 37.5 Å². The predicted octanol–water partition coefficient (Wildman–Crippen LogP) is 14.9. The first-order chi connectivity index (χ1) is 28.0. The molecule has 0 radical (unpaired) electrons. The van der Waals surface area contributed by atoms with Gasteiger partial charge in [-0.15, -0.1) is 0 Å². The van der Waals surface area contributed by atoms with Crippen molar-refractivity contribution in [3.8, 4) is 0 Å². The Balaban J connectivity index is 4.53. The molecule has 0 amide bonds. The highest BCUT2D eigenvalue weighted by Crippen LogP contribution is 2.14. The van der Waals surface area contributed by atoms with Crippen molar-refractivity contribution in [2.24, 2.45) is 0 Å². The van der Waals surface area contributed by atoms with Crippen molar-refractivity contribution in [3.05, 3.63) is 85.1 Å². The zero-order valence-electron chi connectivity index (χ0n) is 36.8. The number of hydrogen-bond acceptors (Lipinski definition) is 6. The summed E-state index contributed by atoms with van der Waals surface area (Å²) >= 11 is 0. The Kier molecular flexibility index (Phi) is 42.6. The van der Waals surface area contributed by atoms with Crippen LogP contribution >= 0.6 is 0 Å². The molecule has 0 bridgehead atoms. The first-order valence-corrected chi connectivity index (χ1v) is 23.1. The second kappa shape index (κ2) is 45.3. The lowest BCUT2D eigenvalue weighted by Crippen LogP contribution is -2.30. The summed E-state index contributed by atoms with van der Waals surface area (Å²) in [4.78, 5) is 37.7. The average Bonchev–Trinajstić information content (AvgIpc) is 3.21. The number of unbranched alkanes of at least 4 members (excludes halogenated alkanes) is 16. The minimum absolute atomic E-state index is 0.113. The molecular formula is C51H84O6. The maximum Gasteiger partial charge on any atom is 0.306 e. The summed E-state index contributed by atoms with van der Waals surface area (Å²) in [5.74, 6) is -1.03. The maximum absolute atomic E-state index is 12.7. The second-order valence-electron chi connectivity index (χ2n) is 15.0. The number of allylic oxidation sites excluding steroid dienone is 14. The lowest BCUT2D eigenvalue weighted by Gasteiger charge is -2.18. The number of esters is 3. The molecule has 0 spiro atoms. The van der Waals surface area contributed by atoms with E-state index in [9.17, 15) is 14.4 Å². The van der Waals surface area contributed by atoms with E-state index in [4.69, 9.17) is 14.2 Å². The van der Waals surface area contributed by atoms with E-state index in [1.165, 1.54) is 70.6 Å². The van der Waals surface area contributed by atoms with Gasteiger partial charge in [-0.1, -0.05) is 196 Å². The van der Waals surface area contributed by atoms with Gasteiger partial charge < -0.3 is 14.2 Å². The minimum atomic E-state index is -0.813. The van der Waals surface area contributed by atoms with Crippen LogP contribution in [-0.4, -0.2) is 37.2 Å². The van der Waals surface area contributed by atoms with Crippen LogP contribution in [0, 0.1) is 0 Å². The molecule has 1 unspecified atom stereocenters. The van der Waals surface area contributed by atoms with Crippen LogP contribution < -0.4 is 0 Å². The normalized spacial score (nSPS) is 12.8. The van der Waals surface area contributed by atoms with Crippen LogP contribution in [0.3, 0.4) is 0 Å². The molecule has 0 aromatic carbocycles. The molecule has 0 aromatic heterocycles. The fourth-order valence-electron chi connectivity index (χ4n) is 5.94. The summed E-state index contributed by atoms with van der Waals surface area (Å²) in [7, 11) is 0. The second-order valence-corrected chi connectivity index (χ2v) is 15.0. The van der Waals surface area contributed by atoms with Crippen LogP contribution in [0.5, 0.6) is 0 Å². The Morgan fingerprint density at radius 1 is 0.386 bits per heavy atom. The first-order valence-electron chi connectivity index (χ1n) is 23.1. The number of carbonyl (C=O) groups is 3. The smallest absolute Gasteiger partial charge is 0.306 e. The van der Waals surface area contributed by atoms with Gasteiger partial charge >= 0.3 is 17.9 Å².